The van der Waals surface area contributed by atoms with Crippen molar-refractivity contribution in [3.8, 4) is 11.5 Å². The van der Waals surface area contributed by atoms with Gasteiger partial charge in [-0.3, -0.25) is 4.79 Å². The Hall–Kier alpha value is -2.93. The highest BCUT2D eigenvalue weighted by atomic mass is 16.5. The van der Waals surface area contributed by atoms with Crippen molar-refractivity contribution in [3.63, 3.8) is 0 Å². The van der Waals surface area contributed by atoms with Crippen LogP contribution in [0.25, 0.3) is 0 Å². The van der Waals surface area contributed by atoms with Gasteiger partial charge in [0, 0.05) is 50.2 Å². The van der Waals surface area contributed by atoms with Crippen molar-refractivity contribution in [2.45, 2.75) is 31.7 Å². The summed E-state index contributed by atoms with van der Waals surface area (Å²) >= 11 is 0. The van der Waals surface area contributed by atoms with Gasteiger partial charge in [0.1, 0.15) is 11.5 Å². The van der Waals surface area contributed by atoms with E-state index in [1.165, 1.54) is 36.2 Å². The van der Waals surface area contributed by atoms with Crippen LogP contribution in [0.3, 0.4) is 0 Å². The van der Waals surface area contributed by atoms with Crippen LogP contribution in [0.15, 0.2) is 42.5 Å². The first-order valence-corrected chi connectivity index (χ1v) is 13.0. The normalized spacial score (nSPS) is 22.2. The molecule has 2 aromatic carbocycles. The van der Waals surface area contributed by atoms with E-state index in [4.69, 9.17) is 9.47 Å². The minimum atomic E-state index is -0.0849. The summed E-state index contributed by atoms with van der Waals surface area (Å²) < 4.78 is 10.9. The maximum absolute atomic E-state index is 13.5. The molecule has 7 heteroatoms. The average Bonchev–Trinajstić information content (AvgIpc) is 2.92. The summed E-state index contributed by atoms with van der Waals surface area (Å²) in [5, 5.41) is 3.29. The summed E-state index contributed by atoms with van der Waals surface area (Å²) in [7, 11) is 3.40. The molecule has 0 aromatic heterocycles. The highest BCUT2D eigenvalue weighted by Crippen LogP contribution is 2.39. The van der Waals surface area contributed by atoms with Gasteiger partial charge in [0.2, 0.25) is 5.91 Å². The fourth-order valence-corrected chi connectivity index (χ4v) is 5.88. The number of ether oxygens (including phenoxy) is 2. The van der Waals surface area contributed by atoms with Crippen molar-refractivity contribution < 1.29 is 14.3 Å². The fourth-order valence-electron chi connectivity index (χ4n) is 5.88. The van der Waals surface area contributed by atoms with E-state index in [1.54, 1.807) is 14.2 Å². The summed E-state index contributed by atoms with van der Waals surface area (Å²) in [5.41, 5.74) is 3.61. The van der Waals surface area contributed by atoms with Crippen molar-refractivity contribution in [1.29, 1.82) is 0 Å². The summed E-state index contributed by atoms with van der Waals surface area (Å²) in [6.45, 7) is 6.56. The Balaban J connectivity index is 1.33. The predicted octanol–water partition coefficient (Wildman–Crippen LogP) is 3.17. The van der Waals surface area contributed by atoms with Gasteiger partial charge in [0.25, 0.3) is 0 Å². The number of carbonyl (C=O) groups is 1. The Bertz CT molecular complexity index is 1010. The van der Waals surface area contributed by atoms with Gasteiger partial charge in [-0.25, -0.2) is 0 Å². The number of hydrogen-bond donors (Lipinski definition) is 1. The molecule has 5 rings (SSSR count). The van der Waals surface area contributed by atoms with Crippen molar-refractivity contribution in [1.82, 2.24) is 10.2 Å². The highest BCUT2D eigenvalue weighted by molar-refractivity contribution is 5.82. The maximum atomic E-state index is 13.5. The molecular weight excluding hydrogens is 440 g/mol. The Labute approximate surface area is 209 Å². The van der Waals surface area contributed by atoms with Gasteiger partial charge in [-0.1, -0.05) is 12.5 Å². The molecule has 1 N–H and O–H groups in total. The van der Waals surface area contributed by atoms with Crippen LogP contribution in [-0.4, -0.2) is 76.9 Å². The third-order valence-electron chi connectivity index (χ3n) is 7.88. The third-order valence-corrected chi connectivity index (χ3v) is 7.88. The third kappa shape index (κ3) is 5.20. The van der Waals surface area contributed by atoms with Crippen LogP contribution < -0.4 is 24.6 Å². The molecule has 2 saturated heterocycles. The number of fused-ring (bicyclic) bond motifs is 3. The zero-order chi connectivity index (χ0) is 24.2. The van der Waals surface area contributed by atoms with Crippen molar-refractivity contribution in [2.75, 3.05) is 69.8 Å². The lowest BCUT2D eigenvalue weighted by atomic mass is 9.83. The molecule has 188 valence electrons. The number of hydrogen-bond acceptors (Lipinski definition) is 6. The molecule has 1 amide bonds. The lowest BCUT2D eigenvalue weighted by molar-refractivity contribution is -0.125. The Morgan fingerprint density at radius 1 is 0.943 bits per heavy atom. The monoisotopic (exact) mass is 478 g/mol. The molecule has 3 aliphatic heterocycles. The number of carbonyl (C=O) groups excluding carboxylic acids is 1. The quantitative estimate of drug-likeness (QED) is 0.660. The van der Waals surface area contributed by atoms with Gasteiger partial charge in [-0.15, -0.1) is 0 Å². The number of methoxy groups -OCH3 is 2. The topological polar surface area (TPSA) is 57.3 Å². The second-order valence-corrected chi connectivity index (χ2v) is 9.90. The summed E-state index contributed by atoms with van der Waals surface area (Å²) in [4.78, 5) is 20.9. The maximum Gasteiger partial charge on any atom is 0.225 e. The van der Waals surface area contributed by atoms with Crippen LogP contribution in [0.1, 0.15) is 24.8 Å². The molecule has 0 radical (unpaired) electrons. The van der Waals surface area contributed by atoms with Gasteiger partial charge >= 0.3 is 0 Å². The zero-order valence-electron chi connectivity index (χ0n) is 21.0. The minimum Gasteiger partial charge on any atom is -0.497 e. The second kappa shape index (κ2) is 10.8. The van der Waals surface area contributed by atoms with Gasteiger partial charge < -0.3 is 29.5 Å². The molecule has 2 atom stereocenters. The number of rotatable bonds is 7. The smallest absolute Gasteiger partial charge is 0.225 e. The number of piperidine rings is 1. The molecule has 35 heavy (non-hydrogen) atoms. The molecule has 3 heterocycles. The first-order chi connectivity index (χ1) is 17.2. The van der Waals surface area contributed by atoms with E-state index in [-0.39, 0.29) is 17.9 Å². The van der Waals surface area contributed by atoms with Gasteiger partial charge in [0.05, 0.1) is 26.2 Å². The number of benzene rings is 2. The van der Waals surface area contributed by atoms with Crippen LogP contribution in [-0.2, 0) is 11.2 Å². The summed E-state index contributed by atoms with van der Waals surface area (Å²) in [5.74, 6) is 1.81. The van der Waals surface area contributed by atoms with Crippen molar-refractivity contribution in [3.05, 3.63) is 48.0 Å². The molecular formula is C28H38N4O3. The molecule has 0 saturated carbocycles. The number of nitrogens with zero attached hydrogens (tertiary/aromatic N) is 3. The van der Waals surface area contributed by atoms with Crippen LogP contribution in [0.2, 0.25) is 0 Å². The van der Waals surface area contributed by atoms with E-state index in [9.17, 15) is 4.79 Å². The van der Waals surface area contributed by atoms with Crippen molar-refractivity contribution >= 4 is 17.3 Å². The zero-order valence-corrected chi connectivity index (χ0v) is 21.0. The van der Waals surface area contributed by atoms with Crippen LogP contribution in [0, 0.1) is 5.92 Å². The largest absolute Gasteiger partial charge is 0.497 e. The number of likely N-dealkylation sites (tertiary alicyclic amines) is 1. The second-order valence-electron chi connectivity index (χ2n) is 9.90. The van der Waals surface area contributed by atoms with E-state index in [2.05, 4.69) is 44.3 Å². The van der Waals surface area contributed by atoms with E-state index in [1.807, 2.05) is 18.2 Å². The average molecular weight is 479 g/mol. The molecule has 0 aliphatic carbocycles. The van der Waals surface area contributed by atoms with E-state index in [0.29, 0.717) is 0 Å². The van der Waals surface area contributed by atoms with Gasteiger partial charge in [0.15, 0.2) is 0 Å². The number of nitrogens with one attached hydrogen (secondary N) is 1. The number of piperazine rings is 1. The first-order valence-electron chi connectivity index (χ1n) is 13.0. The van der Waals surface area contributed by atoms with Gasteiger partial charge in [-0.2, -0.15) is 0 Å². The Morgan fingerprint density at radius 3 is 2.43 bits per heavy atom. The van der Waals surface area contributed by atoms with Gasteiger partial charge in [-0.05, 0) is 68.2 Å². The lowest BCUT2D eigenvalue weighted by Crippen LogP contribution is -2.61. The molecule has 2 aromatic rings. The predicted molar refractivity (Wildman–Crippen MR) is 140 cm³/mol. The molecule has 0 spiro atoms. The Kier molecular flexibility index (Phi) is 7.32. The highest BCUT2D eigenvalue weighted by Gasteiger charge is 2.41. The number of anilines is 2. The molecule has 2 fully saturated rings. The standard InChI is InChI=1S/C28H38N4O3/c1-34-23-10-7-22(8-11-23)31-16-17-32-26-19-24(35-2)9-6-21(26)18-25(27(32)20-31)28(33)29-12-15-30-13-4-3-5-14-30/h6-11,19,25,27H,3-5,12-18,20H2,1-2H3,(H,29,33)/t25-,27-/m0/s1. The van der Waals surface area contributed by atoms with Crippen LogP contribution in [0.4, 0.5) is 11.4 Å². The molecule has 0 bridgehead atoms. The van der Waals surface area contributed by atoms with E-state index < -0.39 is 0 Å². The van der Waals surface area contributed by atoms with E-state index >= 15 is 0 Å². The van der Waals surface area contributed by atoms with Crippen LogP contribution >= 0.6 is 0 Å². The lowest BCUT2D eigenvalue weighted by Gasteiger charge is -2.49. The first kappa shape index (κ1) is 23.8. The summed E-state index contributed by atoms with van der Waals surface area (Å²) in [6, 6.07) is 14.6. The van der Waals surface area contributed by atoms with Crippen LogP contribution in [0.5, 0.6) is 11.5 Å². The molecule has 0 unspecified atom stereocenters. The minimum absolute atomic E-state index is 0.0849. The summed E-state index contributed by atoms with van der Waals surface area (Å²) in [6.07, 6.45) is 4.63. The number of amides is 1. The van der Waals surface area contributed by atoms with Crippen molar-refractivity contribution in [2.24, 2.45) is 5.92 Å². The fraction of sp³-hybridized carbons (Fsp3) is 0.536. The molecule has 7 nitrogen and oxygen atoms in total. The van der Waals surface area contributed by atoms with E-state index in [0.717, 1.165) is 63.7 Å². The Morgan fingerprint density at radius 2 is 1.69 bits per heavy atom. The molecule has 3 aliphatic rings. The SMILES string of the molecule is COc1ccc(N2CCN3c4cc(OC)ccc4C[C@H](C(=O)NCCN4CCCCC4)[C@@H]3C2)cc1.